The second-order valence-electron chi connectivity index (χ2n) is 5.20. The van der Waals surface area contributed by atoms with Gasteiger partial charge in [0.25, 0.3) is 0 Å². The molecule has 1 saturated carbocycles. The Morgan fingerprint density at radius 2 is 2.24 bits per heavy atom. The molecule has 1 aliphatic heterocycles. The van der Waals surface area contributed by atoms with E-state index in [-0.39, 0.29) is 11.4 Å². The fourth-order valence-electron chi connectivity index (χ4n) is 3.07. The quantitative estimate of drug-likeness (QED) is 0.741. The summed E-state index contributed by atoms with van der Waals surface area (Å²) in [6, 6.07) is 10.4. The van der Waals surface area contributed by atoms with E-state index in [4.69, 9.17) is 4.74 Å². The number of hydrogen-bond acceptors (Lipinski definition) is 3. The van der Waals surface area contributed by atoms with E-state index in [0.717, 1.165) is 26.1 Å². The summed E-state index contributed by atoms with van der Waals surface area (Å²) in [5, 5.41) is 0. The van der Waals surface area contributed by atoms with Crippen molar-refractivity contribution in [2.24, 2.45) is 11.3 Å². The molecule has 1 aromatic rings. The van der Waals surface area contributed by atoms with Crippen molar-refractivity contribution in [3.63, 3.8) is 0 Å². The number of rotatable bonds is 3. The first-order valence-electron chi connectivity index (χ1n) is 6.09. The number of carbonyl (C=O) groups excluding carboxylic acids is 1. The highest BCUT2D eigenvalue weighted by atomic mass is 16.5. The summed E-state index contributed by atoms with van der Waals surface area (Å²) in [4.78, 5) is 14.1. The smallest absolute Gasteiger partial charge is 0.313 e. The summed E-state index contributed by atoms with van der Waals surface area (Å²) in [6.45, 7) is 2.83. The molecule has 1 aliphatic carbocycles. The Morgan fingerprint density at radius 1 is 1.47 bits per heavy atom. The Labute approximate surface area is 101 Å². The highest BCUT2D eigenvalue weighted by molar-refractivity contribution is 5.81. The fraction of sp³-hybridized carbons (Fsp3) is 0.500. The van der Waals surface area contributed by atoms with Crippen molar-refractivity contribution < 1.29 is 9.53 Å². The zero-order valence-corrected chi connectivity index (χ0v) is 10.1. The molecule has 1 saturated heterocycles. The number of carbonyl (C=O) groups is 1. The second kappa shape index (κ2) is 3.84. The van der Waals surface area contributed by atoms with E-state index in [2.05, 4.69) is 29.2 Å². The molecule has 0 amide bonds. The van der Waals surface area contributed by atoms with Crippen LogP contribution in [0.5, 0.6) is 0 Å². The van der Waals surface area contributed by atoms with E-state index in [9.17, 15) is 4.79 Å². The summed E-state index contributed by atoms with van der Waals surface area (Å²) < 4.78 is 4.91. The molecule has 1 heterocycles. The third kappa shape index (κ3) is 1.75. The van der Waals surface area contributed by atoms with Gasteiger partial charge in [0.15, 0.2) is 0 Å². The average Bonchev–Trinajstić information content (AvgIpc) is 2.93. The van der Waals surface area contributed by atoms with Gasteiger partial charge >= 0.3 is 5.97 Å². The van der Waals surface area contributed by atoms with Crippen LogP contribution in [0.1, 0.15) is 12.0 Å². The fourth-order valence-corrected chi connectivity index (χ4v) is 3.07. The molecular formula is C14H17NO2. The lowest BCUT2D eigenvalue weighted by molar-refractivity contribution is -0.147. The van der Waals surface area contributed by atoms with Crippen molar-refractivity contribution in [2.75, 3.05) is 20.2 Å². The van der Waals surface area contributed by atoms with E-state index >= 15 is 0 Å². The molecule has 2 fully saturated rings. The molecule has 0 spiro atoms. The number of ether oxygens (including phenoxy) is 1. The van der Waals surface area contributed by atoms with Crippen LogP contribution in [-0.2, 0) is 16.1 Å². The first-order valence-corrected chi connectivity index (χ1v) is 6.09. The Morgan fingerprint density at radius 3 is 2.94 bits per heavy atom. The van der Waals surface area contributed by atoms with E-state index in [0.29, 0.717) is 5.92 Å². The molecule has 2 unspecified atom stereocenters. The van der Waals surface area contributed by atoms with Crippen molar-refractivity contribution in [2.45, 2.75) is 13.0 Å². The number of piperidine rings is 1. The van der Waals surface area contributed by atoms with Crippen molar-refractivity contribution >= 4 is 5.97 Å². The number of esters is 1. The number of benzene rings is 1. The summed E-state index contributed by atoms with van der Waals surface area (Å²) >= 11 is 0. The predicted octanol–water partition coefficient (Wildman–Crippen LogP) is 1.68. The van der Waals surface area contributed by atoms with Crippen LogP contribution in [0.2, 0.25) is 0 Å². The summed E-state index contributed by atoms with van der Waals surface area (Å²) in [6.07, 6.45) is 1.02. The van der Waals surface area contributed by atoms with Crippen LogP contribution >= 0.6 is 0 Å². The number of nitrogens with zero attached hydrogens (tertiary/aromatic N) is 1. The van der Waals surface area contributed by atoms with Gasteiger partial charge in [0.05, 0.1) is 12.5 Å². The Balaban J connectivity index is 1.65. The molecule has 2 aliphatic rings. The molecule has 17 heavy (non-hydrogen) atoms. The first-order chi connectivity index (χ1) is 8.24. The van der Waals surface area contributed by atoms with Gasteiger partial charge in [-0.1, -0.05) is 30.3 Å². The van der Waals surface area contributed by atoms with Crippen LogP contribution in [-0.4, -0.2) is 31.1 Å². The zero-order chi connectivity index (χ0) is 11.9. The predicted molar refractivity (Wildman–Crippen MR) is 64.3 cm³/mol. The second-order valence-corrected chi connectivity index (χ2v) is 5.20. The van der Waals surface area contributed by atoms with Crippen molar-refractivity contribution in [3.8, 4) is 0 Å². The van der Waals surface area contributed by atoms with Gasteiger partial charge in [-0.2, -0.15) is 0 Å². The third-order valence-electron chi connectivity index (χ3n) is 4.06. The Hall–Kier alpha value is -1.35. The average molecular weight is 231 g/mol. The summed E-state index contributed by atoms with van der Waals surface area (Å²) in [7, 11) is 1.49. The Kier molecular flexibility index (Phi) is 2.44. The van der Waals surface area contributed by atoms with Gasteiger partial charge < -0.3 is 4.74 Å². The van der Waals surface area contributed by atoms with Gasteiger partial charge in [-0.3, -0.25) is 9.69 Å². The highest BCUT2D eigenvalue weighted by Gasteiger charge is 2.65. The number of fused-ring (bicyclic) bond motifs is 1. The van der Waals surface area contributed by atoms with Gasteiger partial charge in [0.2, 0.25) is 0 Å². The molecule has 0 aromatic heterocycles. The topological polar surface area (TPSA) is 29.5 Å². The standard InChI is InChI=1S/C14H17NO2/c1-17-13(16)14-7-12(14)9-15(10-14)8-11-5-3-2-4-6-11/h2-6,12H,7-10H2,1H3. The van der Waals surface area contributed by atoms with Gasteiger partial charge in [0, 0.05) is 19.6 Å². The zero-order valence-electron chi connectivity index (χ0n) is 10.1. The van der Waals surface area contributed by atoms with Crippen molar-refractivity contribution in [3.05, 3.63) is 35.9 Å². The van der Waals surface area contributed by atoms with Gasteiger partial charge in [-0.25, -0.2) is 0 Å². The Bertz CT molecular complexity index is 431. The molecule has 3 heteroatoms. The van der Waals surface area contributed by atoms with Crippen LogP contribution in [0.15, 0.2) is 30.3 Å². The van der Waals surface area contributed by atoms with E-state index < -0.39 is 0 Å². The van der Waals surface area contributed by atoms with E-state index in [1.807, 2.05) is 6.07 Å². The molecule has 0 bridgehead atoms. The SMILES string of the molecule is COC(=O)C12CC1CN(Cc1ccccc1)C2. The summed E-state index contributed by atoms with van der Waals surface area (Å²) in [5.41, 5.74) is 1.15. The lowest BCUT2D eigenvalue weighted by Gasteiger charge is -2.19. The molecule has 3 rings (SSSR count). The largest absolute Gasteiger partial charge is 0.469 e. The van der Waals surface area contributed by atoms with Gasteiger partial charge in [0.1, 0.15) is 0 Å². The van der Waals surface area contributed by atoms with Gasteiger partial charge in [-0.15, -0.1) is 0 Å². The number of methoxy groups -OCH3 is 1. The molecule has 2 atom stereocenters. The van der Waals surface area contributed by atoms with E-state index in [1.165, 1.54) is 12.7 Å². The first kappa shape index (κ1) is 10.8. The molecule has 0 radical (unpaired) electrons. The number of hydrogen-bond donors (Lipinski definition) is 0. The summed E-state index contributed by atoms with van der Waals surface area (Å²) in [5.74, 6) is 0.511. The maximum atomic E-state index is 11.7. The molecule has 90 valence electrons. The van der Waals surface area contributed by atoms with Crippen LogP contribution in [0.4, 0.5) is 0 Å². The van der Waals surface area contributed by atoms with Crippen LogP contribution in [0, 0.1) is 11.3 Å². The maximum absolute atomic E-state index is 11.7. The highest BCUT2D eigenvalue weighted by Crippen LogP contribution is 2.58. The van der Waals surface area contributed by atoms with E-state index in [1.54, 1.807) is 0 Å². The number of likely N-dealkylation sites (tertiary alicyclic amines) is 1. The molecule has 0 N–H and O–H groups in total. The minimum Gasteiger partial charge on any atom is -0.469 e. The van der Waals surface area contributed by atoms with Crippen LogP contribution in [0.3, 0.4) is 0 Å². The van der Waals surface area contributed by atoms with Crippen molar-refractivity contribution in [1.29, 1.82) is 0 Å². The third-order valence-corrected chi connectivity index (χ3v) is 4.06. The van der Waals surface area contributed by atoms with Gasteiger partial charge in [-0.05, 0) is 17.9 Å². The monoisotopic (exact) mass is 231 g/mol. The lowest BCUT2D eigenvalue weighted by atomic mass is 10.1. The molecular weight excluding hydrogens is 214 g/mol. The molecule has 3 nitrogen and oxygen atoms in total. The van der Waals surface area contributed by atoms with Crippen LogP contribution in [0.25, 0.3) is 0 Å². The lowest BCUT2D eigenvalue weighted by Crippen LogP contribution is -2.29. The molecule has 1 aromatic carbocycles. The minimum atomic E-state index is -0.163. The minimum absolute atomic E-state index is 0.0157. The van der Waals surface area contributed by atoms with Crippen molar-refractivity contribution in [1.82, 2.24) is 4.90 Å². The normalized spacial score (nSPS) is 31.0. The maximum Gasteiger partial charge on any atom is 0.313 e. The van der Waals surface area contributed by atoms with Crippen LogP contribution < -0.4 is 0 Å².